The van der Waals surface area contributed by atoms with E-state index in [0.29, 0.717) is 25.7 Å². The first kappa shape index (κ1) is 40.8. The Hall–Kier alpha value is -5.37. The quantitative estimate of drug-likeness (QED) is 0.0934. The lowest BCUT2D eigenvalue weighted by molar-refractivity contribution is 0.0122. The predicted octanol–water partition coefficient (Wildman–Crippen LogP) is 3.17. The Morgan fingerprint density at radius 1 is 0.564 bits per heavy atom. The van der Waals surface area contributed by atoms with Crippen LogP contribution in [0.2, 0.25) is 0 Å². The molecule has 39 heavy (non-hydrogen) atoms. The number of rotatable bonds is 10. The molecule has 0 aliphatic heterocycles. The molecule has 0 saturated heterocycles. The van der Waals surface area contributed by atoms with E-state index in [-0.39, 0.29) is 19.8 Å². The molecule has 6 N–H and O–H groups in total. The highest BCUT2D eigenvalue weighted by Crippen LogP contribution is 1.92. The predicted molar refractivity (Wildman–Crippen MR) is 117 cm³/mol. The summed E-state index contributed by atoms with van der Waals surface area (Å²) in [5.74, 6) is 0. The first-order valence-corrected chi connectivity index (χ1v) is 9.79. The molecule has 0 spiro atoms. The normalized spacial score (nSPS) is 9.51. The van der Waals surface area contributed by atoms with Gasteiger partial charge in [-0.25, -0.2) is 33.6 Å². The van der Waals surface area contributed by atoms with E-state index in [0.717, 1.165) is 0 Å². The van der Waals surface area contributed by atoms with Gasteiger partial charge in [0.2, 0.25) is 0 Å². The van der Waals surface area contributed by atoms with Crippen LogP contribution < -0.4 is 0 Å². The third-order valence-electron chi connectivity index (χ3n) is 2.20. The van der Waals surface area contributed by atoms with Gasteiger partial charge in [-0.15, -0.1) is 0 Å². The van der Waals surface area contributed by atoms with Crippen LogP contribution in [-0.4, -0.2) is 113 Å². The maximum absolute atomic E-state index is 10.2. The molecule has 0 rings (SSSR count). The van der Waals surface area contributed by atoms with E-state index in [2.05, 4.69) is 37.9 Å². The summed E-state index contributed by atoms with van der Waals surface area (Å²) in [6.07, 6.45) is -9.05. The monoisotopic (exact) mass is 580 g/mol. The SMILES string of the molecule is CC(COC(=O)O)OC(=O)O.CCOC(=O)OCC.O=C(O)O/C=C/OC(=O)O.O=C(O)OCCOC(=O)O. The summed E-state index contributed by atoms with van der Waals surface area (Å²) >= 11 is 0. The molecule has 0 saturated carbocycles. The van der Waals surface area contributed by atoms with Gasteiger partial charge in [-0.05, 0) is 20.8 Å². The maximum Gasteiger partial charge on any atom is 0.510 e. The summed E-state index contributed by atoms with van der Waals surface area (Å²) < 4.78 is 32.3. The van der Waals surface area contributed by atoms with Crippen molar-refractivity contribution in [3.63, 3.8) is 0 Å². The van der Waals surface area contributed by atoms with Crippen LogP contribution in [-0.2, 0) is 37.9 Å². The molecule has 0 bridgehead atoms. The Kier molecular flexibility index (Phi) is 30.2. The van der Waals surface area contributed by atoms with Crippen molar-refractivity contribution in [2.75, 3.05) is 33.0 Å². The van der Waals surface area contributed by atoms with E-state index >= 15 is 0 Å². The zero-order valence-corrected chi connectivity index (χ0v) is 20.6. The molecule has 0 aromatic heterocycles. The lowest BCUT2D eigenvalue weighted by Gasteiger charge is -2.08. The van der Waals surface area contributed by atoms with E-state index in [1.54, 1.807) is 13.8 Å². The number of carbonyl (C=O) groups excluding carboxylic acids is 1. The first-order chi connectivity index (χ1) is 18.1. The first-order valence-electron chi connectivity index (χ1n) is 9.79. The molecule has 0 aromatic rings. The Balaban J connectivity index is -0.000000211. The molecule has 0 radical (unpaired) electrons. The highest BCUT2D eigenvalue weighted by molar-refractivity contribution is 5.60. The fourth-order valence-electron chi connectivity index (χ4n) is 1.10. The summed E-state index contributed by atoms with van der Waals surface area (Å²) in [5.41, 5.74) is 0. The minimum Gasteiger partial charge on any atom is -0.450 e. The molecule has 1 unspecified atom stereocenters. The summed E-state index contributed by atoms with van der Waals surface area (Å²) in [6.45, 7) is 4.76. The van der Waals surface area contributed by atoms with Crippen molar-refractivity contribution < 1.29 is 102 Å². The van der Waals surface area contributed by atoms with Crippen molar-refractivity contribution in [1.29, 1.82) is 0 Å². The van der Waals surface area contributed by atoms with Crippen LogP contribution in [0, 0.1) is 0 Å². The second-order valence-electron chi connectivity index (χ2n) is 5.16. The van der Waals surface area contributed by atoms with Crippen LogP contribution in [0.4, 0.5) is 33.6 Å². The number of hydrogen-bond donors (Lipinski definition) is 6. The van der Waals surface area contributed by atoms with Crippen molar-refractivity contribution in [2.24, 2.45) is 0 Å². The Morgan fingerprint density at radius 2 is 0.923 bits per heavy atom. The molecule has 0 aromatic carbocycles. The van der Waals surface area contributed by atoms with Gasteiger partial charge in [-0.3, -0.25) is 0 Å². The van der Waals surface area contributed by atoms with E-state index in [9.17, 15) is 33.6 Å². The Morgan fingerprint density at radius 3 is 1.18 bits per heavy atom. The van der Waals surface area contributed by atoms with Crippen molar-refractivity contribution in [1.82, 2.24) is 0 Å². The van der Waals surface area contributed by atoms with E-state index in [1.165, 1.54) is 6.92 Å². The van der Waals surface area contributed by atoms with Crippen LogP contribution in [0.25, 0.3) is 0 Å². The van der Waals surface area contributed by atoms with Gasteiger partial charge >= 0.3 is 43.1 Å². The Bertz CT molecular complexity index is 718. The number of ether oxygens (including phenoxy) is 8. The van der Waals surface area contributed by atoms with Gasteiger partial charge in [0.25, 0.3) is 0 Å². The van der Waals surface area contributed by atoms with Gasteiger partial charge in [0.1, 0.15) is 38.4 Å². The number of carbonyl (C=O) groups is 7. The van der Waals surface area contributed by atoms with Gasteiger partial charge in [0, 0.05) is 0 Å². The van der Waals surface area contributed by atoms with E-state index in [4.69, 9.17) is 30.6 Å². The van der Waals surface area contributed by atoms with Gasteiger partial charge < -0.3 is 68.5 Å². The zero-order valence-electron chi connectivity index (χ0n) is 20.6. The lowest BCUT2D eigenvalue weighted by Crippen LogP contribution is -2.20. The maximum atomic E-state index is 10.2. The molecule has 21 heteroatoms. The largest absolute Gasteiger partial charge is 0.510 e. The molecule has 0 amide bonds. The molecule has 1 atom stereocenters. The average molecular weight is 580 g/mol. The molecule has 0 aliphatic carbocycles. The minimum atomic E-state index is -1.54. The molecule has 226 valence electrons. The van der Waals surface area contributed by atoms with E-state index < -0.39 is 49.2 Å². The van der Waals surface area contributed by atoms with Crippen LogP contribution in [0.1, 0.15) is 20.8 Å². The highest BCUT2D eigenvalue weighted by Gasteiger charge is 2.09. The van der Waals surface area contributed by atoms with Crippen LogP contribution in [0.5, 0.6) is 0 Å². The molecule has 21 nitrogen and oxygen atoms in total. The fourth-order valence-corrected chi connectivity index (χ4v) is 1.10. The van der Waals surface area contributed by atoms with Crippen LogP contribution in [0.15, 0.2) is 12.5 Å². The molecule has 0 heterocycles. The fraction of sp³-hybridized carbons (Fsp3) is 0.500. The van der Waals surface area contributed by atoms with Crippen LogP contribution >= 0.6 is 0 Å². The highest BCUT2D eigenvalue weighted by atomic mass is 16.7. The zero-order chi connectivity index (χ0) is 31.2. The minimum absolute atomic E-state index is 0.276. The van der Waals surface area contributed by atoms with Crippen molar-refractivity contribution in [3.8, 4) is 0 Å². The van der Waals surface area contributed by atoms with Crippen molar-refractivity contribution >= 4 is 43.1 Å². The van der Waals surface area contributed by atoms with E-state index in [1.807, 2.05) is 0 Å². The summed E-state index contributed by atoms with van der Waals surface area (Å²) in [7, 11) is 0. The summed E-state index contributed by atoms with van der Waals surface area (Å²) in [6, 6.07) is 0. The third-order valence-corrected chi connectivity index (χ3v) is 2.20. The lowest BCUT2D eigenvalue weighted by atomic mass is 10.4. The number of hydrogen-bond acceptors (Lipinski definition) is 15. The van der Waals surface area contributed by atoms with Crippen molar-refractivity contribution in [3.05, 3.63) is 12.5 Å². The van der Waals surface area contributed by atoms with Crippen LogP contribution in [0.3, 0.4) is 0 Å². The molecular formula is C18H28O21. The average Bonchev–Trinajstić information content (AvgIpc) is 2.79. The topological polar surface area (TPSA) is 315 Å². The molecular weight excluding hydrogens is 552 g/mol. The molecule has 0 aliphatic rings. The second kappa shape index (κ2) is 28.9. The standard InChI is InChI=1S/C5H8O6.C5H10O3.C4H6O6.C4H4O6/c1-3(11-5(8)9)2-10-4(6)7;1-3-7-5(6)8-4-2;2*5-3(6)9-1-2-10-4(7)8/h3H,2H2,1H3,(H,6,7)(H,8,9);3-4H2,1-2H3;1-2H2,(H,5,6)(H,7,8);1-2H,(H,5,6)(H,7,8)/b;;;2-1+. The van der Waals surface area contributed by atoms with Gasteiger partial charge in [0.15, 0.2) is 0 Å². The van der Waals surface area contributed by atoms with Gasteiger partial charge in [0.05, 0.1) is 13.2 Å². The number of carboxylic acid groups (broad SMARTS) is 6. The molecule has 0 fully saturated rings. The van der Waals surface area contributed by atoms with Gasteiger partial charge in [-0.2, -0.15) is 0 Å². The van der Waals surface area contributed by atoms with Crippen molar-refractivity contribution in [2.45, 2.75) is 26.9 Å². The second-order valence-corrected chi connectivity index (χ2v) is 5.16. The summed E-state index contributed by atoms with van der Waals surface area (Å²) in [5, 5.41) is 47.3. The smallest absolute Gasteiger partial charge is 0.450 e. The Labute approximate surface area is 218 Å². The third kappa shape index (κ3) is 54.8. The van der Waals surface area contributed by atoms with Gasteiger partial charge in [-0.1, -0.05) is 0 Å². The summed E-state index contributed by atoms with van der Waals surface area (Å²) in [4.78, 5) is 68.2.